The van der Waals surface area contributed by atoms with Gasteiger partial charge in [0.15, 0.2) is 0 Å². The van der Waals surface area contributed by atoms with Crippen LogP contribution >= 0.6 is 11.6 Å². The molecule has 4 nitrogen and oxygen atoms in total. The molecule has 1 atom stereocenters. The molecule has 0 unspecified atom stereocenters. The molecule has 2 heterocycles. The van der Waals surface area contributed by atoms with Crippen LogP contribution in [-0.2, 0) is 6.42 Å². The first-order valence-corrected chi connectivity index (χ1v) is 10.0. The van der Waals surface area contributed by atoms with Crippen LogP contribution < -0.4 is 5.32 Å². The first kappa shape index (κ1) is 19.4. The smallest absolute Gasteiger partial charge is 0.204 e. The number of nitrogens with zero attached hydrogens (tertiary/aromatic N) is 2. The Morgan fingerprint density at radius 3 is 2.52 bits per heavy atom. The highest BCUT2D eigenvalue weighted by Gasteiger charge is 2.25. The number of aromatic nitrogens is 2. The quantitative estimate of drug-likeness (QED) is 0.439. The Bertz CT molecular complexity index is 1120. The van der Waals surface area contributed by atoms with E-state index in [4.69, 9.17) is 11.6 Å². The van der Waals surface area contributed by atoms with Crippen LogP contribution in [0, 0.1) is 6.92 Å². The molecular weight excluding hydrogens is 382 g/mol. The molecule has 0 spiro atoms. The van der Waals surface area contributed by atoms with Crippen molar-refractivity contribution in [3.63, 3.8) is 0 Å². The molecule has 29 heavy (non-hydrogen) atoms. The molecule has 0 amide bonds. The number of benzene rings is 2. The van der Waals surface area contributed by atoms with E-state index < -0.39 is 6.04 Å². The average molecular weight is 404 g/mol. The first-order valence-electron chi connectivity index (χ1n) is 9.64. The highest BCUT2D eigenvalue weighted by molar-refractivity contribution is 6.30. The zero-order valence-electron chi connectivity index (χ0n) is 16.2. The molecule has 5 heteroatoms. The van der Waals surface area contributed by atoms with Crippen molar-refractivity contribution in [1.82, 2.24) is 14.7 Å². The van der Waals surface area contributed by atoms with Gasteiger partial charge in [0.2, 0.25) is 5.78 Å². The molecule has 2 aromatic heterocycles. The lowest BCUT2D eigenvalue weighted by Crippen LogP contribution is -2.30. The van der Waals surface area contributed by atoms with Crippen molar-refractivity contribution in [2.75, 3.05) is 6.54 Å². The molecule has 1 N–H and O–H groups in total. The number of hydrogen-bond donors (Lipinski definition) is 1. The predicted molar refractivity (Wildman–Crippen MR) is 117 cm³/mol. The van der Waals surface area contributed by atoms with Gasteiger partial charge in [0, 0.05) is 17.8 Å². The molecule has 146 valence electrons. The number of pyridine rings is 1. The van der Waals surface area contributed by atoms with E-state index in [1.54, 1.807) is 0 Å². The topological polar surface area (TPSA) is 46.4 Å². The van der Waals surface area contributed by atoms with Crippen molar-refractivity contribution in [2.45, 2.75) is 19.4 Å². The van der Waals surface area contributed by atoms with Crippen molar-refractivity contribution < 1.29 is 4.79 Å². The summed E-state index contributed by atoms with van der Waals surface area (Å²) in [6.07, 6.45) is 2.73. The number of fused-ring (bicyclic) bond motifs is 1. The van der Waals surface area contributed by atoms with Gasteiger partial charge in [-0.3, -0.25) is 4.79 Å². The molecule has 0 radical (unpaired) electrons. The van der Waals surface area contributed by atoms with E-state index in [-0.39, 0.29) is 5.78 Å². The second kappa shape index (κ2) is 8.60. The third-order valence-electron chi connectivity index (χ3n) is 5.03. The summed E-state index contributed by atoms with van der Waals surface area (Å²) in [5.74, 6) is 0.779. The molecule has 4 aromatic rings. The molecule has 0 saturated carbocycles. The van der Waals surface area contributed by atoms with Gasteiger partial charge >= 0.3 is 0 Å². The highest BCUT2D eigenvalue weighted by atomic mass is 35.5. The van der Waals surface area contributed by atoms with E-state index in [1.165, 1.54) is 5.56 Å². The predicted octanol–water partition coefficient (Wildman–Crippen LogP) is 5.05. The lowest BCUT2D eigenvalue weighted by molar-refractivity contribution is 0.0940. The van der Waals surface area contributed by atoms with Gasteiger partial charge in [-0.25, -0.2) is 4.98 Å². The third-order valence-corrected chi connectivity index (χ3v) is 5.28. The van der Waals surface area contributed by atoms with Crippen LogP contribution in [0.15, 0.2) is 79.0 Å². The summed E-state index contributed by atoms with van der Waals surface area (Å²) < 4.78 is 1.95. The minimum Gasteiger partial charge on any atom is -0.303 e. The Balaban J connectivity index is 1.60. The number of ketones is 1. The molecule has 0 saturated heterocycles. The monoisotopic (exact) mass is 403 g/mol. The number of imidazole rings is 1. The molecule has 4 rings (SSSR count). The molecule has 0 aliphatic carbocycles. The molecule has 0 fully saturated rings. The van der Waals surface area contributed by atoms with E-state index in [0.717, 1.165) is 28.3 Å². The molecule has 0 bridgehead atoms. The van der Waals surface area contributed by atoms with Crippen molar-refractivity contribution >= 4 is 22.9 Å². The van der Waals surface area contributed by atoms with Gasteiger partial charge < -0.3 is 9.72 Å². The van der Waals surface area contributed by atoms with Gasteiger partial charge in [0.05, 0.1) is 11.6 Å². The minimum absolute atomic E-state index is 0.0240. The Morgan fingerprint density at radius 1 is 1.03 bits per heavy atom. The Labute approximate surface area is 175 Å². The lowest BCUT2D eigenvalue weighted by atomic mass is 9.99. The standard InChI is InChI=1S/C24H22ClN3O/c1-17-27-23(21-9-5-6-16-28(17)21)24(29)22(19-7-3-2-4-8-19)26-15-14-18-10-12-20(25)13-11-18/h2-13,16,22,26H,14-15H2,1H3/t22-/m0/s1. The SMILES string of the molecule is Cc1nc(C(=O)[C@@H](NCCc2ccc(Cl)cc2)c2ccccc2)c2ccccn12. The maximum atomic E-state index is 13.5. The summed E-state index contributed by atoms with van der Waals surface area (Å²) in [4.78, 5) is 18.1. The van der Waals surface area contributed by atoms with Crippen LogP contribution in [0.5, 0.6) is 0 Å². The Morgan fingerprint density at radius 2 is 1.76 bits per heavy atom. The van der Waals surface area contributed by atoms with Gasteiger partial charge in [-0.2, -0.15) is 0 Å². The van der Waals surface area contributed by atoms with Crippen molar-refractivity contribution in [3.8, 4) is 0 Å². The largest absolute Gasteiger partial charge is 0.303 e. The van der Waals surface area contributed by atoms with Crippen LogP contribution in [0.25, 0.3) is 5.52 Å². The fourth-order valence-corrected chi connectivity index (χ4v) is 3.65. The first-order chi connectivity index (χ1) is 14.1. The number of rotatable bonds is 7. The maximum Gasteiger partial charge on any atom is 0.204 e. The number of nitrogens with one attached hydrogen (secondary N) is 1. The van der Waals surface area contributed by atoms with Crippen molar-refractivity contribution in [3.05, 3.63) is 107 Å². The number of carbonyl (C=O) groups excluding carboxylic acids is 1. The van der Waals surface area contributed by atoms with Crippen molar-refractivity contribution in [2.24, 2.45) is 0 Å². The fourth-order valence-electron chi connectivity index (χ4n) is 3.53. The third kappa shape index (κ3) is 4.24. The van der Waals surface area contributed by atoms with Gasteiger partial charge in [-0.1, -0.05) is 60.1 Å². The fraction of sp³-hybridized carbons (Fsp3) is 0.167. The maximum absolute atomic E-state index is 13.5. The molecular formula is C24H22ClN3O. The van der Waals surface area contributed by atoms with E-state index in [0.29, 0.717) is 12.2 Å². The zero-order chi connectivity index (χ0) is 20.2. The normalized spacial score (nSPS) is 12.2. The van der Waals surface area contributed by atoms with Gasteiger partial charge in [0.1, 0.15) is 11.5 Å². The van der Waals surface area contributed by atoms with Crippen molar-refractivity contribution in [1.29, 1.82) is 0 Å². The summed E-state index contributed by atoms with van der Waals surface area (Å²) in [5, 5.41) is 4.16. The molecule has 0 aliphatic rings. The zero-order valence-corrected chi connectivity index (χ0v) is 16.9. The van der Waals surface area contributed by atoms with Gasteiger partial charge in [-0.15, -0.1) is 0 Å². The minimum atomic E-state index is -0.457. The van der Waals surface area contributed by atoms with E-state index in [1.807, 2.05) is 90.3 Å². The van der Waals surface area contributed by atoms with Crippen LogP contribution in [0.3, 0.4) is 0 Å². The van der Waals surface area contributed by atoms with E-state index in [2.05, 4.69) is 10.3 Å². The lowest BCUT2D eigenvalue weighted by Gasteiger charge is -2.17. The number of halogens is 1. The molecule has 0 aliphatic heterocycles. The number of hydrogen-bond acceptors (Lipinski definition) is 3. The second-order valence-corrected chi connectivity index (χ2v) is 7.44. The summed E-state index contributed by atoms with van der Waals surface area (Å²) in [6, 6.07) is 22.9. The summed E-state index contributed by atoms with van der Waals surface area (Å²) in [6.45, 7) is 2.58. The number of aryl methyl sites for hydroxylation is 1. The molecule has 2 aromatic carbocycles. The van der Waals surface area contributed by atoms with Crippen LogP contribution in [0.2, 0.25) is 5.02 Å². The summed E-state index contributed by atoms with van der Waals surface area (Å²) in [7, 11) is 0. The van der Waals surface area contributed by atoms with Gasteiger partial charge in [-0.05, 0) is 48.7 Å². The Hall–Kier alpha value is -2.95. The van der Waals surface area contributed by atoms with Crippen LogP contribution in [0.1, 0.15) is 33.5 Å². The number of carbonyl (C=O) groups is 1. The van der Waals surface area contributed by atoms with E-state index >= 15 is 0 Å². The van der Waals surface area contributed by atoms with Crippen LogP contribution in [-0.4, -0.2) is 21.7 Å². The van der Waals surface area contributed by atoms with E-state index in [9.17, 15) is 4.79 Å². The Kier molecular flexibility index (Phi) is 5.74. The average Bonchev–Trinajstić information content (AvgIpc) is 3.10. The summed E-state index contributed by atoms with van der Waals surface area (Å²) in [5.41, 5.74) is 3.43. The highest BCUT2D eigenvalue weighted by Crippen LogP contribution is 2.22. The van der Waals surface area contributed by atoms with Crippen LogP contribution in [0.4, 0.5) is 0 Å². The van der Waals surface area contributed by atoms with Gasteiger partial charge in [0.25, 0.3) is 0 Å². The summed E-state index contributed by atoms with van der Waals surface area (Å²) >= 11 is 5.97. The number of Topliss-reactive ketones (excluding diaryl/α,β-unsaturated/α-hetero) is 1. The second-order valence-electron chi connectivity index (χ2n) is 7.00.